The zero-order valence-corrected chi connectivity index (χ0v) is 19.8. The number of rotatable bonds is 5. The molecule has 0 saturated carbocycles. The number of H-pyrrole nitrogens is 2. The van der Waals surface area contributed by atoms with E-state index in [1.54, 1.807) is 23.6 Å². The number of furan rings is 1. The van der Waals surface area contributed by atoms with E-state index >= 15 is 0 Å². The van der Waals surface area contributed by atoms with Crippen LogP contribution in [0.5, 0.6) is 0 Å². The summed E-state index contributed by atoms with van der Waals surface area (Å²) in [5, 5.41) is 9.84. The zero-order chi connectivity index (χ0) is 25.0. The fraction of sp³-hybridized carbons (Fsp3) is 0.172. The van der Waals surface area contributed by atoms with Crippen LogP contribution in [0.3, 0.4) is 0 Å². The Morgan fingerprint density at radius 3 is 2.73 bits per heavy atom. The van der Waals surface area contributed by atoms with Crippen LogP contribution >= 0.6 is 0 Å². The number of pyridine rings is 1. The Morgan fingerprint density at radius 1 is 0.946 bits per heavy atom. The number of aromatic nitrogens is 4. The quantitative estimate of drug-likeness (QED) is 0.274. The van der Waals surface area contributed by atoms with Crippen molar-refractivity contribution in [2.75, 3.05) is 13.1 Å². The SMILES string of the molecule is FC1(F)CCN(Cc2cncc(-c3ccc4[nH]nc(-c5cc6c(-c7ccoc7)cccc6[nH]5)c4c3)c2)C1. The van der Waals surface area contributed by atoms with E-state index in [4.69, 9.17) is 4.42 Å². The van der Waals surface area contributed by atoms with Crippen molar-refractivity contribution in [3.63, 3.8) is 0 Å². The van der Waals surface area contributed by atoms with Gasteiger partial charge in [-0.05, 0) is 53.1 Å². The minimum Gasteiger partial charge on any atom is -0.472 e. The zero-order valence-electron chi connectivity index (χ0n) is 19.8. The molecule has 8 heteroatoms. The molecular formula is C29H23F2N5O. The van der Waals surface area contributed by atoms with Crippen LogP contribution < -0.4 is 0 Å². The normalized spacial score (nSPS) is 15.7. The van der Waals surface area contributed by atoms with E-state index in [1.807, 2.05) is 36.5 Å². The van der Waals surface area contributed by atoms with Gasteiger partial charge in [0.1, 0.15) is 5.69 Å². The van der Waals surface area contributed by atoms with E-state index < -0.39 is 5.92 Å². The molecule has 2 aromatic carbocycles. The van der Waals surface area contributed by atoms with Gasteiger partial charge in [-0.15, -0.1) is 0 Å². The summed E-state index contributed by atoms with van der Waals surface area (Å²) in [6.07, 6.45) is 6.90. The average Bonchev–Trinajstić information content (AvgIpc) is 3.69. The molecule has 1 aliphatic heterocycles. The molecule has 6 aromatic rings. The molecule has 1 aliphatic rings. The molecule has 0 spiro atoms. The molecular weight excluding hydrogens is 472 g/mol. The number of halogens is 2. The highest BCUT2D eigenvalue weighted by Gasteiger charge is 2.37. The minimum absolute atomic E-state index is 0.0859. The first-order valence-corrected chi connectivity index (χ1v) is 12.2. The van der Waals surface area contributed by atoms with Crippen LogP contribution in [0.25, 0.3) is 55.4 Å². The average molecular weight is 496 g/mol. The van der Waals surface area contributed by atoms with Crippen LogP contribution in [0.15, 0.2) is 83.9 Å². The fourth-order valence-electron chi connectivity index (χ4n) is 5.28. The number of hydrogen-bond donors (Lipinski definition) is 2. The molecule has 7 rings (SSSR count). The van der Waals surface area contributed by atoms with Gasteiger partial charge in [-0.3, -0.25) is 15.0 Å². The number of likely N-dealkylation sites (tertiary alicyclic amines) is 1. The minimum atomic E-state index is -2.60. The Labute approximate surface area is 210 Å². The molecule has 4 aromatic heterocycles. The highest BCUT2D eigenvalue weighted by atomic mass is 19.3. The van der Waals surface area contributed by atoms with Crippen molar-refractivity contribution in [3.8, 4) is 33.6 Å². The van der Waals surface area contributed by atoms with Crippen LogP contribution in [-0.4, -0.2) is 44.1 Å². The highest BCUT2D eigenvalue weighted by Crippen LogP contribution is 2.35. The Kier molecular flexibility index (Phi) is 4.97. The van der Waals surface area contributed by atoms with Crippen molar-refractivity contribution >= 4 is 21.8 Å². The molecule has 1 fully saturated rings. The molecule has 5 heterocycles. The van der Waals surface area contributed by atoms with Crippen LogP contribution in [-0.2, 0) is 6.54 Å². The lowest BCUT2D eigenvalue weighted by Crippen LogP contribution is -2.24. The van der Waals surface area contributed by atoms with Gasteiger partial charge in [-0.25, -0.2) is 8.78 Å². The number of nitrogens with one attached hydrogen (secondary N) is 2. The Balaban J connectivity index is 1.24. The molecule has 0 atom stereocenters. The summed E-state index contributed by atoms with van der Waals surface area (Å²) in [5.74, 6) is -2.60. The lowest BCUT2D eigenvalue weighted by molar-refractivity contribution is 0.0115. The highest BCUT2D eigenvalue weighted by molar-refractivity contribution is 6.01. The third kappa shape index (κ3) is 3.99. The van der Waals surface area contributed by atoms with E-state index in [-0.39, 0.29) is 13.0 Å². The second kappa shape index (κ2) is 8.38. The molecule has 2 N–H and O–H groups in total. The number of aromatic amines is 2. The second-order valence-electron chi connectivity index (χ2n) is 9.69. The summed E-state index contributed by atoms with van der Waals surface area (Å²) >= 11 is 0. The van der Waals surface area contributed by atoms with Gasteiger partial charge in [0, 0.05) is 59.3 Å². The van der Waals surface area contributed by atoms with Gasteiger partial charge in [0.25, 0.3) is 5.92 Å². The standard InChI is InChI=1S/C29H23F2N5O/c30-29(31)7-8-36(17-29)15-18-10-21(14-32-13-18)19-4-5-26-24(11-19)28(35-34-26)27-12-23-22(20-6-9-37-16-20)2-1-3-25(23)33-27/h1-6,9-14,16,33H,7-8,15,17H2,(H,34,35). The summed E-state index contributed by atoms with van der Waals surface area (Å²) in [5.41, 5.74) is 8.66. The third-order valence-corrected chi connectivity index (χ3v) is 7.10. The smallest absolute Gasteiger partial charge is 0.261 e. The summed E-state index contributed by atoms with van der Waals surface area (Å²) < 4.78 is 32.5. The lowest BCUT2D eigenvalue weighted by Gasteiger charge is -2.15. The molecule has 6 nitrogen and oxygen atoms in total. The van der Waals surface area contributed by atoms with E-state index in [9.17, 15) is 8.78 Å². The van der Waals surface area contributed by atoms with Crippen LogP contribution in [0.1, 0.15) is 12.0 Å². The largest absolute Gasteiger partial charge is 0.472 e. The van der Waals surface area contributed by atoms with E-state index in [0.29, 0.717) is 13.1 Å². The topological polar surface area (TPSA) is 73.7 Å². The first kappa shape index (κ1) is 21.9. The van der Waals surface area contributed by atoms with Crippen LogP contribution in [0.2, 0.25) is 0 Å². The number of nitrogens with zero attached hydrogens (tertiary/aromatic N) is 3. The predicted molar refractivity (Wildman–Crippen MR) is 139 cm³/mol. The second-order valence-corrected chi connectivity index (χ2v) is 9.69. The predicted octanol–water partition coefficient (Wildman–Crippen LogP) is 6.87. The van der Waals surface area contributed by atoms with Gasteiger partial charge in [0.2, 0.25) is 0 Å². The number of fused-ring (bicyclic) bond motifs is 2. The van der Waals surface area contributed by atoms with Gasteiger partial charge in [0.05, 0.1) is 30.3 Å². The third-order valence-electron chi connectivity index (χ3n) is 7.10. The summed E-state index contributed by atoms with van der Waals surface area (Å²) in [7, 11) is 0. The molecule has 1 saturated heterocycles. The fourth-order valence-corrected chi connectivity index (χ4v) is 5.28. The van der Waals surface area contributed by atoms with Gasteiger partial charge in [-0.2, -0.15) is 5.10 Å². The van der Waals surface area contributed by atoms with E-state index in [2.05, 4.69) is 44.4 Å². The molecule has 0 amide bonds. The Hall–Kier alpha value is -4.30. The summed E-state index contributed by atoms with van der Waals surface area (Å²) in [6, 6.07) is 18.4. The molecule has 0 aliphatic carbocycles. The molecule has 0 radical (unpaired) electrons. The number of benzene rings is 2. The lowest BCUT2D eigenvalue weighted by atomic mass is 10.0. The first-order chi connectivity index (χ1) is 18.0. The maximum Gasteiger partial charge on any atom is 0.261 e. The van der Waals surface area contributed by atoms with Gasteiger partial charge in [0.15, 0.2) is 0 Å². The van der Waals surface area contributed by atoms with Crippen molar-refractivity contribution in [2.45, 2.75) is 18.9 Å². The van der Waals surface area contributed by atoms with E-state index in [1.165, 1.54) is 0 Å². The van der Waals surface area contributed by atoms with Crippen molar-refractivity contribution < 1.29 is 13.2 Å². The Morgan fingerprint density at radius 2 is 1.89 bits per heavy atom. The maximum atomic E-state index is 13.6. The summed E-state index contributed by atoms with van der Waals surface area (Å²) in [6.45, 7) is 0.659. The van der Waals surface area contributed by atoms with Crippen molar-refractivity contribution in [1.29, 1.82) is 0 Å². The van der Waals surface area contributed by atoms with Crippen molar-refractivity contribution in [1.82, 2.24) is 25.1 Å². The van der Waals surface area contributed by atoms with Crippen molar-refractivity contribution in [2.24, 2.45) is 0 Å². The van der Waals surface area contributed by atoms with Gasteiger partial charge in [-0.1, -0.05) is 18.2 Å². The maximum absolute atomic E-state index is 13.6. The van der Waals surface area contributed by atoms with Gasteiger partial charge >= 0.3 is 0 Å². The summed E-state index contributed by atoms with van der Waals surface area (Å²) in [4.78, 5) is 9.70. The van der Waals surface area contributed by atoms with Gasteiger partial charge < -0.3 is 9.40 Å². The molecule has 0 unspecified atom stereocenters. The van der Waals surface area contributed by atoms with Crippen LogP contribution in [0, 0.1) is 0 Å². The molecule has 184 valence electrons. The number of alkyl halides is 2. The monoisotopic (exact) mass is 495 g/mol. The molecule has 37 heavy (non-hydrogen) atoms. The number of hydrogen-bond acceptors (Lipinski definition) is 4. The van der Waals surface area contributed by atoms with Crippen molar-refractivity contribution in [3.05, 3.63) is 85.1 Å². The van der Waals surface area contributed by atoms with Crippen LogP contribution in [0.4, 0.5) is 8.78 Å². The molecule has 0 bridgehead atoms. The Bertz CT molecular complexity index is 1730. The first-order valence-electron chi connectivity index (χ1n) is 12.2. The van der Waals surface area contributed by atoms with E-state index in [0.717, 1.165) is 61.0 Å².